The second kappa shape index (κ2) is 6.29. The van der Waals surface area contributed by atoms with Crippen LogP contribution >= 0.6 is 0 Å². The van der Waals surface area contributed by atoms with Gasteiger partial charge in [-0.05, 0) is 70.1 Å². The van der Waals surface area contributed by atoms with Crippen LogP contribution in [0.25, 0.3) is 0 Å². The number of hydrogen-bond acceptors (Lipinski definition) is 4. The molecule has 1 N–H and O–H groups in total. The Labute approximate surface area is 140 Å². The molecule has 4 aliphatic carbocycles. The van der Waals surface area contributed by atoms with Gasteiger partial charge in [0.2, 0.25) is 0 Å². The average molecular weight is 323 g/mol. The highest BCUT2D eigenvalue weighted by Crippen LogP contribution is 2.57. The molecular formula is C19H33NO3. The lowest BCUT2D eigenvalue weighted by molar-refractivity contribution is -0.177. The molecular weight excluding hydrogens is 290 g/mol. The van der Waals surface area contributed by atoms with Crippen molar-refractivity contribution in [2.75, 3.05) is 26.2 Å². The minimum absolute atomic E-state index is 0.112. The predicted molar refractivity (Wildman–Crippen MR) is 89.3 cm³/mol. The number of nitrogens with zero attached hydrogens (tertiary/aromatic N) is 1. The van der Waals surface area contributed by atoms with E-state index in [-0.39, 0.29) is 23.9 Å². The highest BCUT2D eigenvalue weighted by atomic mass is 16.5. The molecule has 23 heavy (non-hydrogen) atoms. The number of morpholine rings is 1. The molecule has 0 aromatic rings. The summed E-state index contributed by atoms with van der Waals surface area (Å²) in [6.07, 6.45) is 8.20. The summed E-state index contributed by atoms with van der Waals surface area (Å²) in [7, 11) is 0. The van der Waals surface area contributed by atoms with E-state index < -0.39 is 0 Å². The Morgan fingerprint density at radius 1 is 1.04 bits per heavy atom. The van der Waals surface area contributed by atoms with Gasteiger partial charge in [0.25, 0.3) is 0 Å². The summed E-state index contributed by atoms with van der Waals surface area (Å²) in [6, 6.07) is 0. The SMILES string of the molecule is C[C@@H]1CN(C[C@H](O)COC23CC4CC(CC(C4)C2)C3)C[C@H](C)O1. The number of rotatable bonds is 5. The second-order valence-electron chi connectivity index (χ2n) is 9.04. The quantitative estimate of drug-likeness (QED) is 0.844. The van der Waals surface area contributed by atoms with Gasteiger partial charge in [-0.1, -0.05) is 0 Å². The maximum atomic E-state index is 10.5. The van der Waals surface area contributed by atoms with Crippen LogP contribution in [0.2, 0.25) is 0 Å². The summed E-state index contributed by atoms with van der Waals surface area (Å²) < 4.78 is 12.2. The van der Waals surface area contributed by atoms with E-state index >= 15 is 0 Å². The summed E-state index contributed by atoms with van der Waals surface area (Å²) >= 11 is 0. The molecule has 4 saturated carbocycles. The number of aliphatic hydroxyl groups is 1. The monoisotopic (exact) mass is 323 g/mol. The largest absolute Gasteiger partial charge is 0.389 e. The fourth-order valence-corrected chi connectivity index (χ4v) is 6.27. The van der Waals surface area contributed by atoms with Gasteiger partial charge in [0.1, 0.15) is 0 Å². The summed E-state index contributed by atoms with van der Waals surface area (Å²) in [6.45, 7) is 7.27. The summed E-state index contributed by atoms with van der Waals surface area (Å²) in [5.41, 5.74) is 0.112. The van der Waals surface area contributed by atoms with Crippen molar-refractivity contribution >= 4 is 0 Å². The molecule has 4 heteroatoms. The molecule has 4 bridgehead atoms. The average Bonchev–Trinajstić information content (AvgIpc) is 2.42. The Kier molecular flexibility index (Phi) is 4.46. The van der Waals surface area contributed by atoms with Gasteiger partial charge < -0.3 is 14.6 Å². The zero-order valence-electron chi connectivity index (χ0n) is 14.7. The van der Waals surface area contributed by atoms with Gasteiger partial charge in [0.15, 0.2) is 0 Å². The lowest BCUT2D eigenvalue weighted by atomic mass is 9.54. The molecule has 0 spiro atoms. The van der Waals surface area contributed by atoms with Crippen LogP contribution < -0.4 is 0 Å². The molecule has 0 aromatic carbocycles. The van der Waals surface area contributed by atoms with Crippen LogP contribution in [0.5, 0.6) is 0 Å². The van der Waals surface area contributed by atoms with Crippen molar-refractivity contribution in [3.05, 3.63) is 0 Å². The first-order chi connectivity index (χ1) is 11.0. The molecule has 5 rings (SSSR count). The Morgan fingerprint density at radius 3 is 2.09 bits per heavy atom. The van der Waals surface area contributed by atoms with Crippen LogP contribution in [0.4, 0.5) is 0 Å². The van der Waals surface area contributed by atoms with E-state index in [0.29, 0.717) is 13.2 Å². The zero-order valence-corrected chi connectivity index (χ0v) is 14.7. The fourth-order valence-electron chi connectivity index (χ4n) is 6.27. The molecule has 1 saturated heterocycles. The second-order valence-corrected chi connectivity index (χ2v) is 9.04. The van der Waals surface area contributed by atoms with Crippen molar-refractivity contribution in [2.45, 2.75) is 76.3 Å². The molecule has 5 fully saturated rings. The third-order valence-electron chi connectivity index (χ3n) is 6.53. The first kappa shape index (κ1) is 16.3. The van der Waals surface area contributed by atoms with E-state index in [9.17, 15) is 5.11 Å². The van der Waals surface area contributed by atoms with Crippen molar-refractivity contribution in [3.8, 4) is 0 Å². The van der Waals surface area contributed by atoms with E-state index in [1.165, 1.54) is 38.5 Å². The van der Waals surface area contributed by atoms with E-state index in [4.69, 9.17) is 9.47 Å². The van der Waals surface area contributed by atoms with Crippen molar-refractivity contribution < 1.29 is 14.6 Å². The van der Waals surface area contributed by atoms with Crippen LogP contribution in [0.15, 0.2) is 0 Å². The van der Waals surface area contributed by atoms with E-state index in [0.717, 1.165) is 30.8 Å². The van der Waals surface area contributed by atoms with Gasteiger partial charge in [-0.3, -0.25) is 4.90 Å². The molecule has 5 aliphatic rings. The highest BCUT2D eigenvalue weighted by molar-refractivity contribution is 5.03. The first-order valence-corrected chi connectivity index (χ1v) is 9.69. The minimum Gasteiger partial charge on any atom is -0.389 e. The molecule has 132 valence electrons. The smallest absolute Gasteiger partial charge is 0.0900 e. The van der Waals surface area contributed by atoms with Crippen LogP contribution in [0.1, 0.15) is 52.4 Å². The van der Waals surface area contributed by atoms with E-state index in [2.05, 4.69) is 18.7 Å². The topological polar surface area (TPSA) is 41.9 Å². The molecule has 1 heterocycles. The Balaban J connectivity index is 1.27. The number of hydrogen-bond donors (Lipinski definition) is 1. The van der Waals surface area contributed by atoms with E-state index in [1.54, 1.807) is 0 Å². The van der Waals surface area contributed by atoms with Crippen molar-refractivity contribution in [3.63, 3.8) is 0 Å². The molecule has 1 aliphatic heterocycles. The summed E-state index contributed by atoms with van der Waals surface area (Å²) in [4.78, 5) is 2.33. The normalized spacial score (nSPS) is 47.9. The van der Waals surface area contributed by atoms with Crippen LogP contribution in [-0.4, -0.2) is 60.2 Å². The number of ether oxygens (including phenoxy) is 2. The minimum atomic E-state index is -0.375. The molecule has 0 aromatic heterocycles. The van der Waals surface area contributed by atoms with Crippen molar-refractivity contribution in [1.29, 1.82) is 0 Å². The third-order valence-corrected chi connectivity index (χ3v) is 6.53. The standard InChI is InChI=1S/C19H33NO3/c1-13-9-20(10-14(2)23-13)11-18(21)12-22-19-6-15-3-16(7-19)5-17(4-15)8-19/h13-18,21H,3-12H2,1-2H3/t13-,14+,15?,16?,17?,18-,19?/m0/s1. The third kappa shape index (κ3) is 3.60. The number of β-amino-alcohol motifs (C(OH)–C–C–N with tert-alkyl or cyclic N) is 1. The molecule has 0 unspecified atom stereocenters. The van der Waals surface area contributed by atoms with Gasteiger partial charge in [0, 0.05) is 19.6 Å². The van der Waals surface area contributed by atoms with Gasteiger partial charge in [-0.25, -0.2) is 0 Å². The van der Waals surface area contributed by atoms with Gasteiger partial charge in [-0.2, -0.15) is 0 Å². The van der Waals surface area contributed by atoms with Gasteiger partial charge in [0.05, 0.1) is 30.5 Å². The Morgan fingerprint density at radius 2 is 1.57 bits per heavy atom. The maximum absolute atomic E-state index is 10.5. The van der Waals surface area contributed by atoms with Crippen LogP contribution in [0.3, 0.4) is 0 Å². The maximum Gasteiger partial charge on any atom is 0.0900 e. The molecule has 4 nitrogen and oxygen atoms in total. The lowest BCUT2D eigenvalue weighted by Crippen LogP contribution is -2.53. The summed E-state index contributed by atoms with van der Waals surface area (Å²) in [5, 5.41) is 10.5. The Hall–Kier alpha value is -0.160. The Bertz CT molecular complexity index is 382. The number of aliphatic hydroxyl groups excluding tert-OH is 1. The van der Waals surface area contributed by atoms with Crippen LogP contribution in [-0.2, 0) is 9.47 Å². The highest BCUT2D eigenvalue weighted by Gasteiger charge is 2.51. The summed E-state index contributed by atoms with van der Waals surface area (Å²) in [5.74, 6) is 2.71. The van der Waals surface area contributed by atoms with Crippen LogP contribution in [0, 0.1) is 17.8 Å². The van der Waals surface area contributed by atoms with Gasteiger partial charge >= 0.3 is 0 Å². The lowest BCUT2D eigenvalue weighted by Gasteiger charge is -2.56. The molecule has 0 radical (unpaired) electrons. The van der Waals surface area contributed by atoms with Gasteiger partial charge in [-0.15, -0.1) is 0 Å². The molecule has 0 amide bonds. The molecule has 3 atom stereocenters. The van der Waals surface area contributed by atoms with E-state index in [1.807, 2.05) is 0 Å². The van der Waals surface area contributed by atoms with Crippen molar-refractivity contribution in [1.82, 2.24) is 4.90 Å². The fraction of sp³-hybridized carbons (Fsp3) is 1.00. The zero-order chi connectivity index (χ0) is 16.0. The predicted octanol–water partition coefficient (Wildman–Crippen LogP) is 2.44. The van der Waals surface area contributed by atoms with Crippen molar-refractivity contribution in [2.24, 2.45) is 17.8 Å². The first-order valence-electron chi connectivity index (χ1n) is 9.69.